The fourth-order valence-corrected chi connectivity index (χ4v) is 5.93. The first kappa shape index (κ1) is 23.2. The summed E-state index contributed by atoms with van der Waals surface area (Å²) in [5.41, 5.74) is 3.32. The van der Waals surface area contributed by atoms with Gasteiger partial charge in [0.2, 0.25) is 0 Å². The molecule has 10 nitrogen and oxygen atoms in total. The molecule has 0 saturated heterocycles. The van der Waals surface area contributed by atoms with Crippen LogP contribution in [0.15, 0.2) is 42.9 Å². The summed E-state index contributed by atoms with van der Waals surface area (Å²) in [6.45, 7) is 0.625. The van der Waals surface area contributed by atoms with Gasteiger partial charge in [0, 0.05) is 37.7 Å². The van der Waals surface area contributed by atoms with E-state index in [2.05, 4.69) is 38.2 Å². The Morgan fingerprint density at radius 3 is 2.79 bits per heavy atom. The molecule has 182 valence electrons. The smallest absolute Gasteiger partial charge is 0.333 e. The van der Waals surface area contributed by atoms with Crippen LogP contribution < -0.4 is 10.0 Å². The van der Waals surface area contributed by atoms with Crippen molar-refractivity contribution in [2.45, 2.75) is 37.5 Å². The Labute approximate surface area is 198 Å². The first-order valence-corrected chi connectivity index (χ1v) is 12.8. The molecule has 0 bridgehead atoms. The van der Waals surface area contributed by atoms with Crippen LogP contribution in [0.2, 0.25) is 0 Å². The third kappa shape index (κ3) is 4.53. The van der Waals surface area contributed by atoms with Crippen LogP contribution in [0, 0.1) is 11.8 Å². The number of nitrogens with one attached hydrogen (secondary N) is 2. The quantitative estimate of drug-likeness (QED) is 0.355. The molecule has 2 heterocycles. The van der Waals surface area contributed by atoms with Gasteiger partial charge in [0.15, 0.2) is 0 Å². The van der Waals surface area contributed by atoms with E-state index in [0.29, 0.717) is 19.4 Å². The van der Waals surface area contributed by atoms with Crippen LogP contribution >= 0.6 is 0 Å². The molecule has 0 unspecified atom stereocenters. The zero-order valence-electron chi connectivity index (χ0n) is 18.8. The zero-order valence-corrected chi connectivity index (χ0v) is 19.6. The molecule has 11 heteroatoms. The van der Waals surface area contributed by atoms with Crippen molar-refractivity contribution in [2.24, 2.45) is 11.8 Å². The summed E-state index contributed by atoms with van der Waals surface area (Å²) in [6.07, 6.45) is 4.77. The highest BCUT2D eigenvalue weighted by molar-refractivity contribution is 7.83. The predicted octanol–water partition coefficient (Wildman–Crippen LogP) is 2.11. The fourth-order valence-electron chi connectivity index (χ4n) is 5.50. The van der Waals surface area contributed by atoms with E-state index in [4.69, 9.17) is 9.29 Å². The van der Waals surface area contributed by atoms with Crippen LogP contribution in [-0.2, 0) is 21.5 Å². The topological polar surface area (TPSA) is 139 Å². The van der Waals surface area contributed by atoms with Crippen LogP contribution in [-0.4, -0.2) is 59.0 Å². The third-order valence-corrected chi connectivity index (χ3v) is 7.61. The lowest BCUT2D eigenvalue weighted by Gasteiger charge is -2.22. The van der Waals surface area contributed by atoms with Crippen molar-refractivity contribution < 1.29 is 22.8 Å². The lowest BCUT2D eigenvalue weighted by Crippen LogP contribution is -2.31. The summed E-state index contributed by atoms with van der Waals surface area (Å²) in [5, 5.41) is 15.0. The lowest BCUT2D eigenvalue weighted by atomic mass is 10.0. The average molecular weight is 488 g/mol. The maximum absolute atomic E-state index is 11.0. The molecule has 5 atom stereocenters. The van der Waals surface area contributed by atoms with Gasteiger partial charge in [-0.05, 0) is 36.5 Å². The Morgan fingerprint density at radius 1 is 1.18 bits per heavy atom. The van der Waals surface area contributed by atoms with Gasteiger partial charge in [-0.3, -0.25) is 4.55 Å². The highest BCUT2D eigenvalue weighted by Crippen LogP contribution is 2.41. The summed E-state index contributed by atoms with van der Waals surface area (Å²) in [5.74, 6) is 0.735. The minimum Gasteiger partial charge on any atom is -0.393 e. The minimum absolute atomic E-state index is 0.0144. The number of hydrogen-bond donors (Lipinski definition) is 4. The van der Waals surface area contributed by atoms with Crippen LogP contribution in [0.1, 0.15) is 36.1 Å². The maximum atomic E-state index is 11.0. The number of aliphatic hydroxyl groups excluding tert-OH is 1. The molecule has 5 rings (SSSR count). The molecule has 2 aliphatic carbocycles. The van der Waals surface area contributed by atoms with Crippen LogP contribution in [0.4, 0.5) is 5.82 Å². The Morgan fingerprint density at radius 2 is 2.00 bits per heavy atom. The number of fused-ring (bicyclic) bond motifs is 2. The Balaban J connectivity index is 1.39. The van der Waals surface area contributed by atoms with Gasteiger partial charge >= 0.3 is 10.3 Å². The SMILES string of the molecule is COC[C@@H]1Cc2ccccc2[C@@H]1Nc1ncnc2c1ccn2[C@@H]1C[C@@H](CNS(=O)(=O)O)[C@@H](O)C1. The van der Waals surface area contributed by atoms with Crippen molar-refractivity contribution in [3.8, 4) is 0 Å². The van der Waals surface area contributed by atoms with E-state index in [-0.39, 0.29) is 30.5 Å². The number of ether oxygens (including phenoxy) is 1. The summed E-state index contributed by atoms with van der Waals surface area (Å²) in [4.78, 5) is 9.04. The van der Waals surface area contributed by atoms with Gasteiger partial charge in [0.05, 0.1) is 24.1 Å². The van der Waals surface area contributed by atoms with Gasteiger partial charge in [-0.2, -0.15) is 13.1 Å². The maximum Gasteiger partial charge on any atom is 0.333 e. The second-order valence-electron chi connectivity index (χ2n) is 9.20. The number of aromatic nitrogens is 3. The Hall–Kier alpha value is -2.57. The standard InChI is InChI=1S/C23H29N5O5S/c1-33-12-16-8-14-4-2-3-5-18(14)21(16)27-22-19-6-7-28(23(19)25-13-24-22)17-9-15(20(29)10-17)11-26-34(30,31)32/h2-7,13,15-17,20-21,26,29H,8-12H2,1H3,(H,24,25,27)(H,30,31,32)/t15-,16-,17+,20-,21+/m0/s1. The van der Waals surface area contributed by atoms with E-state index in [9.17, 15) is 13.5 Å². The van der Waals surface area contributed by atoms with E-state index in [0.717, 1.165) is 23.3 Å². The first-order chi connectivity index (χ1) is 16.3. The van der Waals surface area contributed by atoms with Crippen LogP contribution in [0.5, 0.6) is 0 Å². The second-order valence-corrected chi connectivity index (χ2v) is 10.4. The van der Waals surface area contributed by atoms with Gasteiger partial charge < -0.3 is 19.7 Å². The average Bonchev–Trinajstić information content (AvgIpc) is 3.48. The van der Waals surface area contributed by atoms with E-state index in [1.165, 1.54) is 17.5 Å². The first-order valence-electron chi connectivity index (χ1n) is 11.4. The number of hydrogen-bond acceptors (Lipinski definition) is 7. The molecule has 34 heavy (non-hydrogen) atoms. The monoisotopic (exact) mass is 487 g/mol. The molecule has 2 aliphatic rings. The highest BCUT2D eigenvalue weighted by atomic mass is 32.2. The van der Waals surface area contributed by atoms with Crippen LogP contribution in [0.3, 0.4) is 0 Å². The Kier molecular flexibility index (Phi) is 6.30. The number of anilines is 1. The molecule has 2 aromatic heterocycles. The third-order valence-electron chi connectivity index (χ3n) is 7.08. The summed E-state index contributed by atoms with van der Waals surface area (Å²) in [7, 11) is -2.57. The summed E-state index contributed by atoms with van der Waals surface area (Å²) < 4.78 is 40.6. The molecule has 0 spiro atoms. The molecule has 3 aromatic rings. The van der Waals surface area contributed by atoms with Crippen LogP contribution in [0.25, 0.3) is 11.0 Å². The van der Waals surface area contributed by atoms with E-state index in [1.807, 2.05) is 22.9 Å². The molecular weight excluding hydrogens is 458 g/mol. The molecule has 1 aromatic carbocycles. The number of benzene rings is 1. The van der Waals surface area contributed by atoms with Crippen molar-refractivity contribution in [1.29, 1.82) is 0 Å². The van der Waals surface area contributed by atoms with E-state index in [1.54, 1.807) is 7.11 Å². The number of aliphatic hydroxyl groups is 1. The van der Waals surface area contributed by atoms with Crippen molar-refractivity contribution in [3.05, 3.63) is 54.0 Å². The van der Waals surface area contributed by atoms with Gasteiger partial charge in [-0.1, -0.05) is 24.3 Å². The molecule has 1 saturated carbocycles. The van der Waals surface area contributed by atoms with E-state index < -0.39 is 16.4 Å². The minimum atomic E-state index is -4.29. The molecule has 0 amide bonds. The lowest BCUT2D eigenvalue weighted by molar-refractivity contribution is 0.133. The summed E-state index contributed by atoms with van der Waals surface area (Å²) in [6, 6.07) is 10.4. The fraction of sp³-hybridized carbons (Fsp3) is 0.478. The number of rotatable bonds is 8. The highest BCUT2D eigenvalue weighted by Gasteiger charge is 2.36. The molecule has 4 N–H and O–H groups in total. The van der Waals surface area contributed by atoms with Crippen molar-refractivity contribution in [2.75, 3.05) is 25.6 Å². The number of nitrogens with zero attached hydrogens (tertiary/aromatic N) is 3. The normalized spacial score (nSPS) is 26.7. The molecule has 0 aliphatic heterocycles. The second kappa shape index (κ2) is 9.23. The summed E-state index contributed by atoms with van der Waals surface area (Å²) >= 11 is 0. The molecule has 1 fully saturated rings. The van der Waals surface area contributed by atoms with Gasteiger partial charge in [0.25, 0.3) is 0 Å². The Bertz CT molecular complexity index is 1280. The van der Waals surface area contributed by atoms with Gasteiger partial charge in [-0.15, -0.1) is 0 Å². The zero-order chi connectivity index (χ0) is 23.9. The van der Waals surface area contributed by atoms with Crippen molar-refractivity contribution in [3.63, 3.8) is 0 Å². The van der Waals surface area contributed by atoms with Gasteiger partial charge in [-0.25, -0.2) is 9.97 Å². The van der Waals surface area contributed by atoms with Crippen molar-refractivity contribution in [1.82, 2.24) is 19.3 Å². The van der Waals surface area contributed by atoms with E-state index >= 15 is 0 Å². The largest absolute Gasteiger partial charge is 0.393 e. The number of methoxy groups -OCH3 is 1. The van der Waals surface area contributed by atoms with Gasteiger partial charge in [0.1, 0.15) is 17.8 Å². The predicted molar refractivity (Wildman–Crippen MR) is 127 cm³/mol. The molecule has 0 radical (unpaired) electrons. The molecular formula is C23H29N5O5S. The van der Waals surface area contributed by atoms with Crippen molar-refractivity contribution >= 4 is 27.2 Å².